The summed E-state index contributed by atoms with van der Waals surface area (Å²) in [6, 6.07) is 5.24. The summed E-state index contributed by atoms with van der Waals surface area (Å²) in [4.78, 5) is 12.4. The van der Waals surface area contributed by atoms with Gasteiger partial charge in [0.25, 0.3) is 5.91 Å². The highest BCUT2D eigenvalue weighted by molar-refractivity contribution is 6.32. The van der Waals surface area contributed by atoms with Gasteiger partial charge in [-0.3, -0.25) is 4.79 Å². The van der Waals surface area contributed by atoms with Crippen molar-refractivity contribution >= 4 is 23.2 Å². The van der Waals surface area contributed by atoms with Crippen LogP contribution in [0.2, 0.25) is 5.02 Å². The monoisotopic (exact) mass is 297 g/mol. The lowest BCUT2D eigenvalue weighted by molar-refractivity contribution is -0.136. The van der Waals surface area contributed by atoms with E-state index in [1.165, 1.54) is 0 Å². The van der Waals surface area contributed by atoms with Gasteiger partial charge in [-0.25, -0.2) is 0 Å². The van der Waals surface area contributed by atoms with Crippen molar-refractivity contribution in [3.05, 3.63) is 23.2 Å². The van der Waals surface area contributed by atoms with Crippen molar-refractivity contribution in [2.24, 2.45) is 0 Å². The first-order chi connectivity index (χ1) is 9.61. The molecule has 0 bridgehead atoms. The average Bonchev–Trinajstić information content (AvgIpc) is 2.92. The Morgan fingerprint density at radius 2 is 2.10 bits per heavy atom. The number of benzene rings is 1. The Kier molecular flexibility index (Phi) is 4.89. The van der Waals surface area contributed by atoms with Crippen LogP contribution >= 0.6 is 11.6 Å². The largest absolute Gasteiger partial charge is 0.492 e. The van der Waals surface area contributed by atoms with Crippen LogP contribution in [-0.2, 0) is 9.53 Å². The second-order valence-electron chi connectivity index (χ2n) is 4.94. The number of ether oxygens (including phenoxy) is 2. The summed E-state index contributed by atoms with van der Waals surface area (Å²) in [6.45, 7) is 2.45. The topological polar surface area (TPSA) is 47.6 Å². The molecule has 1 aromatic carbocycles. The van der Waals surface area contributed by atoms with Crippen molar-refractivity contribution in [1.29, 1.82) is 0 Å². The second kappa shape index (κ2) is 6.46. The van der Waals surface area contributed by atoms with Crippen LogP contribution in [0.5, 0.6) is 5.75 Å². The Labute approximate surface area is 124 Å². The molecule has 0 unspecified atom stereocenters. The molecular formula is C15H20ClNO3. The average molecular weight is 298 g/mol. The molecule has 4 nitrogen and oxygen atoms in total. The van der Waals surface area contributed by atoms with Crippen LogP contribution < -0.4 is 10.1 Å². The summed E-state index contributed by atoms with van der Waals surface area (Å²) >= 11 is 6.11. The van der Waals surface area contributed by atoms with Gasteiger partial charge < -0.3 is 14.8 Å². The van der Waals surface area contributed by atoms with E-state index in [9.17, 15) is 4.79 Å². The van der Waals surface area contributed by atoms with E-state index in [1.54, 1.807) is 25.3 Å². The van der Waals surface area contributed by atoms with E-state index in [0.29, 0.717) is 23.1 Å². The third-order valence-electron chi connectivity index (χ3n) is 3.71. The van der Waals surface area contributed by atoms with E-state index >= 15 is 0 Å². The first kappa shape index (κ1) is 15.1. The zero-order valence-electron chi connectivity index (χ0n) is 11.9. The molecule has 2 rings (SSSR count). The van der Waals surface area contributed by atoms with Crippen LogP contribution in [-0.4, -0.2) is 25.2 Å². The highest BCUT2D eigenvalue weighted by Gasteiger charge is 2.41. The molecule has 20 heavy (non-hydrogen) atoms. The maximum Gasteiger partial charge on any atom is 0.256 e. The molecule has 1 N–H and O–H groups in total. The fourth-order valence-electron chi connectivity index (χ4n) is 2.57. The molecule has 0 spiro atoms. The minimum atomic E-state index is -0.689. The van der Waals surface area contributed by atoms with Crippen molar-refractivity contribution in [2.75, 3.05) is 19.0 Å². The molecule has 0 saturated heterocycles. The lowest BCUT2D eigenvalue weighted by Gasteiger charge is -2.26. The number of methoxy groups -OCH3 is 1. The van der Waals surface area contributed by atoms with Gasteiger partial charge in [0.15, 0.2) is 0 Å². The highest BCUT2D eigenvalue weighted by atomic mass is 35.5. The molecule has 5 heteroatoms. The van der Waals surface area contributed by atoms with E-state index in [1.807, 2.05) is 6.92 Å². The normalized spacial score (nSPS) is 16.9. The smallest absolute Gasteiger partial charge is 0.256 e. The van der Waals surface area contributed by atoms with E-state index in [-0.39, 0.29) is 5.91 Å². The minimum absolute atomic E-state index is 0.0993. The van der Waals surface area contributed by atoms with Gasteiger partial charge in [0, 0.05) is 12.8 Å². The van der Waals surface area contributed by atoms with Gasteiger partial charge in [-0.05, 0) is 50.8 Å². The molecule has 0 atom stereocenters. The van der Waals surface area contributed by atoms with Gasteiger partial charge in [-0.15, -0.1) is 0 Å². The van der Waals surface area contributed by atoms with Gasteiger partial charge in [0.05, 0.1) is 11.6 Å². The molecule has 1 fully saturated rings. The van der Waals surface area contributed by atoms with Crippen LogP contribution in [0, 0.1) is 0 Å². The quantitative estimate of drug-likeness (QED) is 0.902. The molecule has 1 saturated carbocycles. The Hall–Kier alpha value is -1.26. The molecule has 0 heterocycles. The van der Waals surface area contributed by atoms with Crippen LogP contribution in [0.4, 0.5) is 5.69 Å². The standard InChI is InChI=1S/C15H20ClNO3/c1-3-20-13-7-6-11(10-12(13)16)17-14(18)15(19-2)8-4-5-9-15/h6-7,10H,3-5,8-9H2,1-2H3,(H,17,18). The highest BCUT2D eigenvalue weighted by Crippen LogP contribution is 2.34. The molecule has 0 aliphatic heterocycles. The van der Waals surface area contributed by atoms with Crippen LogP contribution in [0.1, 0.15) is 32.6 Å². The number of nitrogens with one attached hydrogen (secondary N) is 1. The number of amides is 1. The predicted octanol–water partition coefficient (Wildman–Crippen LogP) is 3.64. The summed E-state index contributed by atoms with van der Waals surface area (Å²) in [5, 5.41) is 3.37. The molecule has 1 amide bonds. The Morgan fingerprint density at radius 3 is 2.65 bits per heavy atom. The molecule has 1 aliphatic carbocycles. The number of carbonyl (C=O) groups excluding carboxylic acids is 1. The Balaban J connectivity index is 2.09. The van der Waals surface area contributed by atoms with Crippen molar-refractivity contribution in [3.63, 3.8) is 0 Å². The number of hydrogen-bond donors (Lipinski definition) is 1. The fourth-order valence-corrected chi connectivity index (χ4v) is 2.80. The fraction of sp³-hybridized carbons (Fsp3) is 0.533. The summed E-state index contributed by atoms with van der Waals surface area (Å²) < 4.78 is 10.8. The van der Waals surface area contributed by atoms with E-state index in [4.69, 9.17) is 21.1 Å². The van der Waals surface area contributed by atoms with Crippen LogP contribution in [0.15, 0.2) is 18.2 Å². The van der Waals surface area contributed by atoms with Gasteiger partial charge in [0.2, 0.25) is 0 Å². The summed E-state index contributed by atoms with van der Waals surface area (Å²) in [7, 11) is 1.59. The third kappa shape index (κ3) is 3.07. The predicted molar refractivity (Wildman–Crippen MR) is 79.5 cm³/mol. The molecule has 0 aromatic heterocycles. The lowest BCUT2D eigenvalue weighted by Crippen LogP contribution is -2.42. The minimum Gasteiger partial charge on any atom is -0.492 e. The Morgan fingerprint density at radius 1 is 1.40 bits per heavy atom. The molecular weight excluding hydrogens is 278 g/mol. The Bertz CT molecular complexity index is 484. The summed E-state index contributed by atoms with van der Waals surface area (Å²) in [6.07, 6.45) is 3.57. The van der Waals surface area contributed by atoms with E-state index in [0.717, 1.165) is 25.7 Å². The SMILES string of the molecule is CCOc1ccc(NC(=O)C2(OC)CCCC2)cc1Cl. The number of anilines is 1. The maximum absolute atomic E-state index is 12.4. The number of carbonyl (C=O) groups is 1. The van der Waals surface area contributed by atoms with Gasteiger partial charge >= 0.3 is 0 Å². The maximum atomic E-state index is 12.4. The van der Waals surface area contributed by atoms with Crippen molar-refractivity contribution < 1.29 is 14.3 Å². The summed E-state index contributed by atoms with van der Waals surface area (Å²) in [5.41, 5.74) is -0.0304. The molecule has 0 radical (unpaired) electrons. The first-order valence-corrected chi connectivity index (χ1v) is 7.28. The van der Waals surface area contributed by atoms with Crippen molar-refractivity contribution in [2.45, 2.75) is 38.2 Å². The first-order valence-electron chi connectivity index (χ1n) is 6.90. The zero-order chi connectivity index (χ0) is 14.6. The van der Waals surface area contributed by atoms with Gasteiger partial charge in [-0.2, -0.15) is 0 Å². The summed E-state index contributed by atoms with van der Waals surface area (Å²) in [5.74, 6) is 0.521. The molecule has 1 aromatic rings. The van der Waals surface area contributed by atoms with Crippen LogP contribution in [0.3, 0.4) is 0 Å². The van der Waals surface area contributed by atoms with E-state index < -0.39 is 5.60 Å². The van der Waals surface area contributed by atoms with Crippen molar-refractivity contribution in [1.82, 2.24) is 0 Å². The van der Waals surface area contributed by atoms with Crippen molar-refractivity contribution in [3.8, 4) is 5.75 Å². The number of halogens is 1. The van der Waals surface area contributed by atoms with Gasteiger partial charge in [-0.1, -0.05) is 11.6 Å². The molecule has 1 aliphatic rings. The molecule has 110 valence electrons. The number of rotatable bonds is 5. The third-order valence-corrected chi connectivity index (χ3v) is 4.00. The number of hydrogen-bond acceptors (Lipinski definition) is 3. The second-order valence-corrected chi connectivity index (χ2v) is 5.35. The van der Waals surface area contributed by atoms with E-state index in [2.05, 4.69) is 5.32 Å². The van der Waals surface area contributed by atoms with Gasteiger partial charge in [0.1, 0.15) is 11.4 Å². The lowest BCUT2D eigenvalue weighted by atomic mass is 10.0. The zero-order valence-corrected chi connectivity index (χ0v) is 12.6. The van der Waals surface area contributed by atoms with Crippen LogP contribution in [0.25, 0.3) is 0 Å².